The van der Waals surface area contributed by atoms with Crippen molar-refractivity contribution in [3.05, 3.63) is 81.6 Å². The number of hydrogen-bond acceptors (Lipinski definition) is 7. The van der Waals surface area contributed by atoms with Crippen molar-refractivity contribution < 1.29 is 14.5 Å². The molecule has 3 aromatic rings. The number of rotatable bonds is 10. The largest absolute Gasteiger partial charge is 0.482 e. The van der Waals surface area contributed by atoms with Gasteiger partial charge in [-0.2, -0.15) is 0 Å². The maximum atomic E-state index is 12.3. The summed E-state index contributed by atoms with van der Waals surface area (Å²) in [5.41, 5.74) is 1.33. The third-order valence-electron chi connectivity index (χ3n) is 4.56. The van der Waals surface area contributed by atoms with E-state index in [4.69, 9.17) is 16.3 Å². The fraction of sp³-hybridized carbons (Fsp3) is 0.227. The number of carbonyl (C=O) groups is 1. The number of thioether (sulfide) groups is 1. The molecule has 0 aliphatic heterocycles. The molecular formula is C22H22ClN5O4S. The Morgan fingerprint density at radius 1 is 1.33 bits per heavy atom. The molecule has 1 amide bonds. The van der Waals surface area contributed by atoms with Gasteiger partial charge < -0.3 is 10.1 Å². The smallest absolute Gasteiger partial charge is 0.269 e. The van der Waals surface area contributed by atoms with Crippen LogP contribution in [0.25, 0.3) is 0 Å². The van der Waals surface area contributed by atoms with E-state index in [2.05, 4.69) is 22.1 Å². The van der Waals surface area contributed by atoms with E-state index in [1.165, 1.54) is 36.0 Å². The van der Waals surface area contributed by atoms with Crippen LogP contribution in [0.4, 0.5) is 11.4 Å². The van der Waals surface area contributed by atoms with Crippen LogP contribution in [0.5, 0.6) is 5.75 Å². The van der Waals surface area contributed by atoms with Crippen LogP contribution < -0.4 is 10.1 Å². The number of nitro benzene ring substituents is 1. The van der Waals surface area contributed by atoms with Gasteiger partial charge >= 0.3 is 0 Å². The minimum Gasteiger partial charge on any atom is -0.482 e. The van der Waals surface area contributed by atoms with E-state index >= 15 is 0 Å². The molecule has 0 aliphatic rings. The number of allylic oxidation sites excluding steroid dienone is 1. The predicted octanol–water partition coefficient (Wildman–Crippen LogP) is 5.20. The summed E-state index contributed by atoms with van der Waals surface area (Å²) < 4.78 is 7.90. The van der Waals surface area contributed by atoms with Gasteiger partial charge in [0.25, 0.3) is 5.69 Å². The number of aromatic nitrogens is 3. The van der Waals surface area contributed by atoms with Gasteiger partial charge in [0.1, 0.15) is 5.75 Å². The number of halogens is 1. The summed E-state index contributed by atoms with van der Waals surface area (Å²) in [6, 6.07) is 11.0. The first-order chi connectivity index (χ1) is 15.8. The molecule has 1 atom stereocenters. The maximum Gasteiger partial charge on any atom is 0.269 e. The monoisotopic (exact) mass is 487 g/mol. The number of nitrogens with zero attached hydrogens (tertiary/aromatic N) is 4. The van der Waals surface area contributed by atoms with Gasteiger partial charge in [-0.15, -0.1) is 16.8 Å². The third kappa shape index (κ3) is 6.33. The second-order valence-corrected chi connectivity index (χ2v) is 8.43. The lowest BCUT2D eigenvalue weighted by molar-refractivity contribution is -0.384. The van der Waals surface area contributed by atoms with Crippen LogP contribution in [0.1, 0.15) is 24.4 Å². The molecule has 0 fully saturated rings. The molecule has 172 valence electrons. The van der Waals surface area contributed by atoms with Gasteiger partial charge in [0.2, 0.25) is 5.91 Å². The average Bonchev–Trinajstić information content (AvgIpc) is 3.17. The molecule has 11 heteroatoms. The van der Waals surface area contributed by atoms with Crippen LogP contribution in [0.3, 0.4) is 0 Å². The van der Waals surface area contributed by atoms with E-state index in [0.29, 0.717) is 34.0 Å². The van der Waals surface area contributed by atoms with Crippen molar-refractivity contribution in [2.24, 2.45) is 0 Å². The number of amides is 1. The summed E-state index contributed by atoms with van der Waals surface area (Å²) in [5.74, 6) is 1.10. The van der Waals surface area contributed by atoms with Crippen molar-refractivity contribution in [1.29, 1.82) is 0 Å². The number of hydrogen-bond donors (Lipinski definition) is 1. The minimum absolute atomic E-state index is 0.0439. The molecule has 3 rings (SSSR count). The Labute approximate surface area is 200 Å². The van der Waals surface area contributed by atoms with Crippen molar-refractivity contribution >= 4 is 40.6 Å². The van der Waals surface area contributed by atoms with Crippen LogP contribution in [-0.2, 0) is 11.3 Å². The highest BCUT2D eigenvalue weighted by Crippen LogP contribution is 2.28. The molecule has 0 radical (unpaired) electrons. The molecule has 0 bridgehead atoms. The summed E-state index contributed by atoms with van der Waals surface area (Å²) in [4.78, 5) is 22.6. The SMILES string of the molecule is C=CCn1c(SCC(=O)Nc2ccc([N+](=O)[O-])cc2)nnc1C(C)Oc1ccc(Cl)cc1C. The number of benzene rings is 2. The van der Waals surface area contributed by atoms with Gasteiger partial charge in [-0.3, -0.25) is 19.5 Å². The molecule has 9 nitrogen and oxygen atoms in total. The minimum atomic E-state index is -0.496. The van der Waals surface area contributed by atoms with Gasteiger partial charge in [0.15, 0.2) is 17.1 Å². The first-order valence-electron chi connectivity index (χ1n) is 9.92. The molecule has 2 aromatic carbocycles. The average molecular weight is 488 g/mol. The first kappa shape index (κ1) is 24.3. The normalized spacial score (nSPS) is 11.6. The van der Waals surface area contributed by atoms with Crippen LogP contribution in [0, 0.1) is 17.0 Å². The lowest BCUT2D eigenvalue weighted by Crippen LogP contribution is -2.15. The van der Waals surface area contributed by atoms with Crippen LogP contribution >= 0.6 is 23.4 Å². The molecular weight excluding hydrogens is 466 g/mol. The maximum absolute atomic E-state index is 12.3. The summed E-state index contributed by atoms with van der Waals surface area (Å²) in [7, 11) is 0. The van der Waals surface area contributed by atoms with Crippen molar-refractivity contribution in [2.45, 2.75) is 31.7 Å². The predicted molar refractivity (Wildman–Crippen MR) is 128 cm³/mol. The quantitative estimate of drug-likeness (QED) is 0.181. The number of carbonyl (C=O) groups excluding carboxylic acids is 1. The number of ether oxygens (including phenoxy) is 1. The Kier molecular flexibility index (Phi) is 8.07. The molecule has 0 spiro atoms. The van der Waals surface area contributed by atoms with E-state index in [9.17, 15) is 14.9 Å². The molecule has 0 saturated carbocycles. The van der Waals surface area contributed by atoms with Crippen molar-refractivity contribution in [3.8, 4) is 5.75 Å². The Morgan fingerprint density at radius 2 is 2.06 bits per heavy atom. The fourth-order valence-electron chi connectivity index (χ4n) is 2.99. The second-order valence-electron chi connectivity index (χ2n) is 7.05. The summed E-state index contributed by atoms with van der Waals surface area (Å²) >= 11 is 7.24. The van der Waals surface area contributed by atoms with Gasteiger partial charge in [-0.1, -0.05) is 29.4 Å². The first-order valence-corrected chi connectivity index (χ1v) is 11.3. The topological polar surface area (TPSA) is 112 Å². The van der Waals surface area contributed by atoms with Crippen LogP contribution in [-0.4, -0.2) is 31.3 Å². The molecule has 1 unspecified atom stereocenters. The van der Waals surface area contributed by atoms with Gasteiger partial charge in [0, 0.05) is 29.4 Å². The summed E-state index contributed by atoms with van der Waals surface area (Å²) in [6.45, 7) is 8.01. The number of nitro groups is 1. The summed E-state index contributed by atoms with van der Waals surface area (Å²) in [6.07, 6.45) is 1.31. The molecule has 0 aliphatic carbocycles. The number of non-ortho nitro benzene ring substituents is 1. The second kappa shape index (κ2) is 11.0. The molecule has 1 aromatic heterocycles. The van der Waals surface area contributed by atoms with Crippen LogP contribution in [0.15, 0.2) is 60.3 Å². The number of nitrogens with one attached hydrogen (secondary N) is 1. The molecule has 33 heavy (non-hydrogen) atoms. The van der Waals surface area contributed by atoms with Crippen molar-refractivity contribution in [1.82, 2.24) is 14.8 Å². The van der Waals surface area contributed by atoms with Crippen LogP contribution in [0.2, 0.25) is 5.02 Å². The Bertz CT molecular complexity index is 1170. The Morgan fingerprint density at radius 3 is 2.70 bits per heavy atom. The van der Waals surface area contributed by atoms with Gasteiger partial charge in [-0.25, -0.2) is 0 Å². The lowest BCUT2D eigenvalue weighted by Gasteiger charge is -2.17. The number of aryl methyl sites for hydroxylation is 1. The highest BCUT2D eigenvalue weighted by atomic mass is 35.5. The molecule has 1 N–H and O–H groups in total. The Hall–Kier alpha value is -3.37. The van der Waals surface area contributed by atoms with E-state index in [-0.39, 0.29) is 17.3 Å². The Balaban J connectivity index is 1.66. The third-order valence-corrected chi connectivity index (χ3v) is 5.76. The zero-order chi connectivity index (χ0) is 24.0. The highest BCUT2D eigenvalue weighted by molar-refractivity contribution is 7.99. The highest BCUT2D eigenvalue weighted by Gasteiger charge is 2.20. The van der Waals surface area contributed by atoms with Crippen molar-refractivity contribution in [3.63, 3.8) is 0 Å². The van der Waals surface area contributed by atoms with Gasteiger partial charge in [0.05, 0.1) is 10.7 Å². The lowest BCUT2D eigenvalue weighted by atomic mass is 10.2. The van der Waals surface area contributed by atoms with E-state index in [1.807, 2.05) is 24.5 Å². The molecule has 0 saturated heterocycles. The van der Waals surface area contributed by atoms with Gasteiger partial charge in [-0.05, 0) is 49.7 Å². The summed E-state index contributed by atoms with van der Waals surface area (Å²) in [5, 5.41) is 23.1. The van der Waals surface area contributed by atoms with E-state index in [1.54, 1.807) is 18.2 Å². The van der Waals surface area contributed by atoms with E-state index < -0.39 is 11.0 Å². The number of anilines is 1. The fourth-order valence-corrected chi connectivity index (χ4v) is 3.97. The zero-order valence-electron chi connectivity index (χ0n) is 18.0. The standard InChI is InChI=1S/C22H22ClN5O4S/c1-4-11-27-21(15(3)32-19-10-5-16(23)12-14(19)2)25-26-22(27)33-13-20(29)24-17-6-8-18(9-7-17)28(30)31/h4-10,12,15H,1,11,13H2,2-3H3,(H,24,29). The van der Waals surface area contributed by atoms with E-state index in [0.717, 1.165) is 5.56 Å². The van der Waals surface area contributed by atoms with Crippen molar-refractivity contribution in [2.75, 3.05) is 11.1 Å². The molecule has 1 heterocycles. The zero-order valence-corrected chi connectivity index (χ0v) is 19.6.